The highest BCUT2D eigenvalue weighted by Crippen LogP contribution is 2.30. The first-order valence-electron chi connectivity index (χ1n) is 5.54. The lowest BCUT2D eigenvalue weighted by Crippen LogP contribution is -2.08. The first-order valence-corrected chi connectivity index (χ1v) is 7.12. The van der Waals surface area contributed by atoms with E-state index in [1.165, 1.54) is 6.07 Å². The second-order valence-corrected chi connectivity index (χ2v) is 5.78. The van der Waals surface area contributed by atoms with Crippen LogP contribution >= 0.6 is 31.9 Å². The van der Waals surface area contributed by atoms with E-state index in [0.29, 0.717) is 5.56 Å². The summed E-state index contributed by atoms with van der Waals surface area (Å²) in [6, 6.07) is 12.6. The van der Waals surface area contributed by atoms with Crippen LogP contribution in [0.15, 0.2) is 51.4 Å². The van der Waals surface area contributed by atoms with Gasteiger partial charge in [0.25, 0.3) is 0 Å². The van der Waals surface area contributed by atoms with Crippen LogP contribution in [0.1, 0.15) is 18.5 Å². The van der Waals surface area contributed by atoms with Crippen molar-refractivity contribution in [2.75, 3.05) is 5.32 Å². The Morgan fingerprint density at radius 2 is 1.83 bits per heavy atom. The molecule has 2 aromatic rings. The van der Waals surface area contributed by atoms with Crippen LogP contribution in [-0.4, -0.2) is 0 Å². The van der Waals surface area contributed by atoms with Gasteiger partial charge in [0.1, 0.15) is 5.82 Å². The van der Waals surface area contributed by atoms with Crippen LogP contribution in [0, 0.1) is 5.82 Å². The highest BCUT2D eigenvalue weighted by atomic mass is 79.9. The summed E-state index contributed by atoms with van der Waals surface area (Å²) < 4.78 is 15.6. The topological polar surface area (TPSA) is 12.0 Å². The molecular formula is C14H12Br2FN. The highest BCUT2D eigenvalue weighted by Gasteiger charge is 2.11. The third-order valence-corrected chi connectivity index (χ3v) is 3.86. The summed E-state index contributed by atoms with van der Waals surface area (Å²) in [5.74, 6) is -0.191. The minimum Gasteiger partial charge on any atom is -0.377 e. The predicted molar refractivity (Wildman–Crippen MR) is 80.3 cm³/mol. The minimum absolute atomic E-state index is 0.100. The van der Waals surface area contributed by atoms with Crippen molar-refractivity contribution in [3.8, 4) is 0 Å². The number of halogens is 3. The fourth-order valence-electron chi connectivity index (χ4n) is 1.75. The summed E-state index contributed by atoms with van der Waals surface area (Å²) >= 11 is 6.89. The fraction of sp³-hybridized carbons (Fsp3) is 0.143. The van der Waals surface area contributed by atoms with Crippen molar-refractivity contribution in [3.63, 3.8) is 0 Å². The van der Waals surface area contributed by atoms with Gasteiger partial charge in [-0.15, -0.1) is 0 Å². The molecule has 18 heavy (non-hydrogen) atoms. The highest BCUT2D eigenvalue weighted by molar-refractivity contribution is 9.11. The maximum absolute atomic E-state index is 13.7. The van der Waals surface area contributed by atoms with E-state index in [4.69, 9.17) is 0 Å². The maximum Gasteiger partial charge on any atom is 0.128 e. The molecule has 1 unspecified atom stereocenters. The molecule has 0 heterocycles. The quantitative estimate of drug-likeness (QED) is 0.747. The third kappa shape index (κ3) is 3.12. The van der Waals surface area contributed by atoms with Crippen molar-refractivity contribution in [1.29, 1.82) is 0 Å². The van der Waals surface area contributed by atoms with E-state index in [-0.39, 0.29) is 11.9 Å². The summed E-state index contributed by atoms with van der Waals surface area (Å²) in [5.41, 5.74) is 1.59. The van der Waals surface area contributed by atoms with Gasteiger partial charge in [0, 0.05) is 14.5 Å². The molecule has 0 bridgehead atoms. The van der Waals surface area contributed by atoms with Crippen molar-refractivity contribution in [1.82, 2.24) is 0 Å². The molecule has 2 aromatic carbocycles. The van der Waals surface area contributed by atoms with Crippen LogP contribution in [0.3, 0.4) is 0 Å². The molecule has 0 aromatic heterocycles. The third-order valence-electron chi connectivity index (χ3n) is 2.67. The average molecular weight is 373 g/mol. The molecular weight excluding hydrogens is 361 g/mol. The molecule has 0 saturated carbocycles. The van der Waals surface area contributed by atoms with Gasteiger partial charge in [-0.2, -0.15) is 0 Å². The normalized spacial score (nSPS) is 12.2. The van der Waals surface area contributed by atoms with Gasteiger partial charge in [0.05, 0.1) is 11.7 Å². The van der Waals surface area contributed by atoms with Gasteiger partial charge in [0.15, 0.2) is 0 Å². The molecule has 0 spiro atoms. The number of benzene rings is 2. The minimum atomic E-state index is -0.191. The molecule has 0 radical (unpaired) electrons. The van der Waals surface area contributed by atoms with E-state index in [0.717, 1.165) is 14.6 Å². The van der Waals surface area contributed by atoms with Crippen molar-refractivity contribution in [2.24, 2.45) is 0 Å². The Bertz CT molecular complexity index is 557. The summed E-state index contributed by atoms with van der Waals surface area (Å²) in [6.45, 7) is 1.94. The largest absolute Gasteiger partial charge is 0.377 e. The molecule has 0 fully saturated rings. The van der Waals surface area contributed by atoms with Gasteiger partial charge < -0.3 is 5.32 Å². The van der Waals surface area contributed by atoms with Crippen molar-refractivity contribution in [3.05, 3.63) is 62.8 Å². The first-order chi connectivity index (χ1) is 8.58. The molecule has 1 atom stereocenters. The molecule has 94 valence electrons. The second kappa shape index (κ2) is 5.85. The van der Waals surface area contributed by atoms with E-state index < -0.39 is 0 Å². The summed E-state index contributed by atoms with van der Waals surface area (Å²) in [5, 5.41) is 3.29. The molecule has 0 amide bonds. The molecule has 0 saturated heterocycles. The first kappa shape index (κ1) is 13.6. The summed E-state index contributed by atoms with van der Waals surface area (Å²) in [4.78, 5) is 0. The van der Waals surface area contributed by atoms with Gasteiger partial charge >= 0.3 is 0 Å². The Morgan fingerprint density at radius 1 is 1.11 bits per heavy atom. The van der Waals surface area contributed by atoms with Crippen LogP contribution in [0.2, 0.25) is 0 Å². The fourth-order valence-corrected chi connectivity index (χ4v) is 2.47. The zero-order valence-electron chi connectivity index (χ0n) is 9.75. The lowest BCUT2D eigenvalue weighted by atomic mass is 10.1. The zero-order valence-corrected chi connectivity index (χ0v) is 12.9. The van der Waals surface area contributed by atoms with Gasteiger partial charge in [-0.1, -0.05) is 34.1 Å². The molecule has 1 N–H and O–H groups in total. The molecule has 0 aliphatic heterocycles. The zero-order chi connectivity index (χ0) is 13.1. The Kier molecular flexibility index (Phi) is 4.40. The van der Waals surface area contributed by atoms with Gasteiger partial charge in [0.2, 0.25) is 0 Å². The number of hydrogen-bond donors (Lipinski definition) is 1. The van der Waals surface area contributed by atoms with Crippen LogP contribution in [-0.2, 0) is 0 Å². The summed E-state index contributed by atoms with van der Waals surface area (Å²) in [6.07, 6.45) is 0. The second-order valence-electron chi connectivity index (χ2n) is 4.01. The number of hydrogen-bond acceptors (Lipinski definition) is 1. The average Bonchev–Trinajstić information content (AvgIpc) is 2.34. The lowest BCUT2D eigenvalue weighted by Gasteiger charge is -2.17. The maximum atomic E-state index is 13.7. The molecule has 2 rings (SSSR count). The smallest absolute Gasteiger partial charge is 0.128 e. The van der Waals surface area contributed by atoms with E-state index in [1.807, 2.05) is 31.2 Å². The van der Waals surface area contributed by atoms with Crippen molar-refractivity contribution < 1.29 is 4.39 Å². The van der Waals surface area contributed by atoms with E-state index in [2.05, 4.69) is 37.2 Å². The van der Waals surface area contributed by atoms with E-state index in [1.54, 1.807) is 12.1 Å². The van der Waals surface area contributed by atoms with Crippen LogP contribution in [0.4, 0.5) is 10.1 Å². The molecule has 0 aliphatic carbocycles. The number of nitrogens with one attached hydrogen (secondary N) is 1. The van der Waals surface area contributed by atoms with Gasteiger partial charge in [-0.25, -0.2) is 4.39 Å². The molecule has 4 heteroatoms. The standard InChI is InChI=1S/C14H12Br2FN/c1-9(11-4-2-3-5-13(11)17)18-14-8-10(15)6-7-12(14)16/h2-9,18H,1H3. The van der Waals surface area contributed by atoms with Crippen LogP contribution < -0.4 is 5.32 Å². The Labute approximate surface area is 123 Å². The Hall–Kier alpha value is -0.870. The lowest BCUT2D eigenvalue weighted by molar-refractivity contribution is 0.600. The SMILES string of the molecule is CC(Nc1cc(Br)ccc1Br)c1ccccc1F. The number of rotatable bonds is 3. The Balaban J connectivity index is 2.24. The molecule has 1 nitrogen and oxygen atoms in total. The van der Waals surface area contributed by atoms with Crippen molar-refractivity contribution in [2.45, 2.75) is 13.0 Å². The van der Waals surface area contributed by atoms with Crippen LogP contribution in [0.25, 0.3) is 0 Å². The predicted octanol–water partition coefficient (Wildman–Crippen LogP) is 5.52. The van der Waals surface area contributed by atoms with Crippen molar-refractivity contribution >= 4 is 37.5 Å². The van der Waals surface area contributed by atoms with Gasteiger partial charge in [-0.05, 0) is 47.1 Å². The number of anilines is 1. The van der Waals surface area contributed by atoms with E-state index >= 15 is 0 Å². The molecule has 0 aliphatic rings. The summed E-state index contributed by atoms with van der Waals surface area (Å²) in [7, 11) is 0. The van der Waals surface area contributed by atoms with Crippen LogP contribution in [0.5, 0.6) is 0 Å². The van der Waals surface area contributed by atoms with E-state index in [9.17, 15) is 4.39 Å². The Morgan fingerprint density at radius 3 is 2.56 bits per heavy atom. The monoisotopic (exact) mass is 371 g/mol. The van der Waals surface area contributed by atoms with Gasteiger partial charge in [-0.3, -0.25) is 0 Å².